The second-order valence-corrected chi connectivity index (χ2v) is 8.70. The van der Waals surface area contributed by atoms with Crippen LogP contribution in [0.3, 0.4) is 0 Å². The van der Waals surface area contributed by atoms with Crippen LogP contribution in [0.2, 0.25) is 0 Å². The Morgan fingerprint density at radius 3 is 2.59 bits per heavy atom. The molecule has 1 aliphatic rings. The summed E-state index contributed by atoms with van der Waals surface area (Å²) in [5.41, 5.74) is 1.98. The van der Waals surface area contributed by atoms with E-state index in [4.69, 9.17) is 4.42 Å². The lowest BCUT2D eigenvalue weighted by Crippen LogP contribution is -2.35. The Labute approximate surface area is 160 Å². The number of amides is 1. The topological polar surface area (TPSA) is 82.9 Å². The number of sulfonamides is 1. The number of benzene rings is 1. The molecule has 0 radical (unpaired) electrons. The van der Waals surface area contributed by atoms with E-state index in [1.54, 1.807) is 0 Å². The molecule has 2 aromatic rings. The zero-order chi connectivity index (χ0) is 19.4. The Balaban J connectivity index is 1.65. The van der Waals surface area contributed by atoms with Gasteiger partial charge in [-0.25, -0.2) is 8.42 Å². The normalized spacial score (nSPS) is 15.5. The van der Waals surface area contributed by atoms with E-state index in [-0.39, 0.29) is 10.9 Å². The Morgan fingerprint density at radius 2 is 1.89 bits per heavy atom. The molecular weight excluding hydrogens is 366 g/mol. The number of piperidine rings is 1. The summed E-state index contributed by atoms with van der Waals surface area (Å²) in [6.07, 6.45) is 2.73. The van der Waals surface area contributed by atoms with Crippen molar-refractivity contribution in [3.63, 3.8) is 0 Å². The Bertz CT molecular complexity index is 899. The molecular formula is C19H25N3O4S. The third-order valence-corrected chi connectivity index (χ3v) is 6.37. The first kappa shape index (κ1) is 19.4. The van der Waals surface area contributed by atoms with Crippen LogP contribution < -0.4 is 10.2 Å². The molecule has 2 heterocycles. The quantitative estimate of drug-likeness (QED) is 0.818. The van der Waals surface area contributed by atoms with Crippen molar-refractivity contribution in [2.24, 2.45) is 0 Å². The van der Waals surface area contributed by atoms with E-state index in [0.717, 1.165) is 30.5 Å². The average molecular weight is 391 g/mol. The molecule has 1 aromatic carbocycles. The number of furan rings is 1. The molecule has 1 fully saturated rings. The second-order valence-electron chi connectivity index (χ2n) is 6.83. The van der Waals surface area contributed by atoms with E-state index in [2.05, 4.69) is 5.32 Å². The lowest BCUT2D eigenvalue weighted by molar-refractivity contribution is 0.0917. The highest BCUT2D eigenvalue weighted by Crippen LogP contribution is 2.22. The molecule has 1 aliphatic heterocycles. The summed E-state index contributed by atoms with van der Waals surface area (Å²) in [6, 6.07) is 10.6. The molecule has 7 nitrogen and oxygen atoms in total. The maximum atomic E-state index is 12.6. The lowest BCUT2D eigenvalue weighted by Gasteiger charge is -2.24. The van der Waals surface area contributed by atoms with Crippen molar-refractivity contribution in [3.05, 3.63) is 47.7 Å². The van der Waals surface area contributed by atoms with Gasteiger partial charge in [0.2, 0.25) is 5.09 Å². The van der Waals surface area contributed by atoms with Crippen molar-refractivity contribution in [2.75, 3.05) is 32.1 Å². The maximum Gasteiger partial charge on any atom is 0.287 e. The summed E-state index contributed by atoms with van der Waals surface area (Å²) in [7, 11) is 0.223. The van der Waals surface area contributed by atoms with Crippen LogP contribution in [-0.2, 0) is 16.6 Å². The van der Waals surface area contributed by atoms with Gasteiger partial charge >= 0.3 is 0 Å². The van der Waals surface area contributed by atoms with Crippen LogP contribution in [0.4, 0.5) is 5.69 Å². The van der Waals surface area contributed by atoms with E-state index >= 15 is 0 Å². The number of hydrogen-bond donors (Lipinski definition) is 1. The Morgan fingerprint density at radius 1 is 1.15 bits per heavy atom. The van der Waals surface area contributed by atoms with Gasteiger partial charge in [0.25, 0.3) is 15.9 Å². The first-order valence-corrected chi connectivity index (χ1v) is 10.5. The van der Waals surface area contributed by atoms with Crippen molar-refractivity contribution < 1.29 is 17.6 Å². The van der Waals surface area contributed by atoms with Crippen LogP contribution in [0.25, 0.3) is 0 Å². The first-order valence-electron chi connectivity index (χ1n) is 9.02. The largest absolute Gasteiger partial charge is 0.438 e. The van der Waals surface area contributed by atoms with E-state index in [0.29, 0.717) is 19.6 Å². The molecule has 1 aromatic heterocycles. The highest BCUT2D eigenvalue weighted by molar-refractivity contribution is 7.89. The average Bonchev–Trinajstić information content (AvgIpc) is 3.18. The molecule has 1 N–H and O–H groups in total. The van der Waals surface area contributed by atoms with Gasteiger partial charge in [-0.1, -0.05) is 18.6 Å². The van der Waals surface area contributed by atoms with Gasteiger partial charge in [-0.05, 0) is 42.7 Å². The van der Waals surface area contributed by atoms with Gasteiger partial charge in [0.05, 0.1) is 0 Å². The van der Waals surface area contributed by atoms with E-state index in [9.17, 15) is 13.2 Å². The molecule has 0 unspecified atom stereocenters. The monoisotopic (exact) mass is 391 g/mol. The minimum absolute atomic E-state index is 0.00523. The zero-order valence-electron chi connectivity index (χ0n) is 15.6. The smallest absolute Gasteiger partial charge is 0.287 e. The number of carbonyl (C=O) groups excluding carboxylic acids is 1. The molecule has 0 bridgehead atoms. The van der Waals surface area contributed by atoms with Crippen LogP contribution in [0.1, 0.15) is 35.4 Å². The van der Waals surface area contributed by atoms with Crippen molar-refractivity contribution in [1.29, 1.82) is 0 Å². The minimum atomic E-state index is -3.68. The molecule has 1 saturated heterocycles. The number of carbonyl (C=O) groups is 1. The molecule has 0 atom stereocenters. The molecule has 1 amide bonds. The Hall–Kier alpha value is -2.32. The highest BCUT2D eigenvalue weighted by atomic mass is 32.2. The molecule has 0 spiro atoms. The van der Waals surface area contributed by atoms with E-state index in [1.165, 1.54) is 16.4 Å². The lowest BCUT2D eigenvalue weighted by atomic mass is 10.2. The molecule has 146 valence electrons. The van der Waals surface area contributed by atoms with Crippen LogP contribution in [0.5, 0.6) is 0 Å². The third kappa shape index (κ3) is 4.51. The molecule has 8 heteroatoms. The van der Waals surface area contributed by atoms with Gasteiger partial charge in [0.15, 0.2) is 5.76 Å². The van der Waals surface area contributed by atoms with E-state index < -0.39 is 15.9 Å². The first-order chi connectivity index (χ1) is 12.9. The summed E-state index contributed by atoms with van der Waals surface area (Å²) < 4.78 is 32.0. The van der Waals surface area contributed by atoms with Crippen LogP contribution in [0.15, 0.2) is 45.9 Å². The number of anilines is 1. The zero-order valence-corrected chi connectivity index (χ0v) is 16.5. The number of nitrogens with one attached hydrogen (secondary N) is 1. The fourth-order valence-corrected chi connectivity index (χ4v) is 4.46. The summed E-state index contributed by atoms with van der Waals surface area (Å²) >= 11 is 0. The van der Waals surface area contributed by atoms with Gasteiger partial charge in [0.1, 0.15) is 0 Å². The van der Waals surface area contributed by atoms with Gasteiger partial charge in [-0.15, -0.1) is 0 Å². The van der Waals surface area contributed by atoms with Gasteiger partial charge in [0, 0.05) is 39.4 Å². The van der Waals surface area contributed by atoms with E-state index in [1.807, 2.05) is 43.3 Å². The number of nitrogens with zero attached hydrogens (tertiary/aromatic N) is 2. The van der Waals surface area contributed by atoms with Crippen molar-refractivity contribution in [3.8, 4) is 0 Å². The summed E-state index contributed by atoms with van der Waals surface area (Å²) in [5, 5.41) is 2.59. The van der Waals surface area contributed by atoms with Crippen LogP contribution >= 0.6 is 0 Å². The van der Waals surface area contributed by atoms with Crippen molar-refractivity contribution in [1.82, 2.24) is 9.62 Å². The fourth-order valence-electron chi connectivity index (χ4n) is 3.03. The second kappa shape index (κ2) is 8.14. The van der Waals surface area contributed by atoms with Crippen molar-refractivity contribution in [2.45, 2.75) is 30.9 Å². The molecule has 27 heavy (non-hydrogen) atoms. The van der Waals surface area contributed by atoms with Crippen molar-refractivity contribution >= 4 is 21.6 Å². The van der Waals surface area contributed by atoms with Crippen LogP contribution in [0, 0.1) is 0 Å². The summed E-state index contributed by atoms with van der Waals surface area (Å²) in [5.74, 6) is -0.445. The number of hydrogen-bond acceptors (Lipinski definition) is 5. The standard InChI is InChI=1S/C19H25N3O4S/c1-21(2)16-8-6-7-15(13-16)14-20-19(23)17-9-10-18(26-17)27(24,25)22-11-4-3-5-12-22/h6-10,13H,3-5,11-12,14H2,1-2H3,(H,20,23). The highest BCUT2D eigenvalue weighted by Gasteiger charge is 2.29. The SMILES string of the molecule is CN(C)c1cccc(CNC(=O)c2ccc(S(=O)(=O)N3CCCCC3)o2)c1. The van der Waals surface area contributed by atoms with Gasteiger partial charge in [-0.2, -0.15) is 4.31 Å². The maximum absolute atomic E-state index is 12.6. The molecule has 0 aliphatic carbocycles. The fraction of sp³-hybridized carbons (Fsp3) is 0.421. The Kier molecular flexibility index (Phi) is 5.86. The third-order valence-electron chi connectivity index (χ3n) is 4.59. The van der Waals surface area contributed by atoms with Gasteiger partial charge < -0.3 is 14.6 Å². The van der Waals surface area contributed by atoms with Gasteiger partial charge in [-0.3, -0.25) is 4.79 Å². The number of rotatable bonds is 6. The summed E-state index contributed by atoms with van der Waals surface area (Å²) in [6.45, 7) is 1.31. The van der Waals surface area contributed by atoms with Crippen LogP contribution in [-0.4, -0.2) is 45.8 Å². The predicted octanol–water partition coefficient (Wildman–Crippen LogP) is 2.45. The molecule has 3 rings (SSSR count). The summed E-state index contributed by atoms with van der Waals surface area (Å²) in [4.78, 5) is 14.3. The minimum Gasteiger partial charge on any atom is -0.438 e. The molecule has 0 saturated carbocycles. The predicted molar refractivity (Wildman–Crippen MR) is 103 cm³/mol.